The summed E-state index contributed by atoms with van der Waals surface area (Å²) in [6.45, 7) is 3.79. The highest BCUT2D eigenvalue weighted by molar-refractivity contribution is 7.22. The molecular weight excluding hydrogens is 472 g/mol. The Morgan fingerprint density at radius 2 is 1.74 bits per heavy atom. The number of aromatic nitrogens is 1. The fourth-order valence-corrected chi connectivity index (χ4v) is 4.89. The standard InChI is InChI=1S/C26H23F2N3O3S/c27-19-16-22(28)24-23(17-19)35-26(29-24)31(11-10-30-12-14-33-15-13-30)25(32)18-6-8-21(9-7-18)34-20-4-2-1-3-5-20/h1-9,16-17H,10-15H2. The monoisotopic (exact) mass is 495 g/mol. The Balaban J connectivity index is 1.40. The van der Waals surface area contributed by atoms with Gasteiger partial charge in [-0.25, -0.2) is 13.8 Å². The summed E-state index contributed by atoms with van der Waals surface area (Å²) >= 11 is 1.09. The maximum atomic E-state index is 14.3. The van der Waals surface area contributed by atoms with Crippen LogP contribution in [0.5, 0.6) is 11.5 Å². The molecule has 1 aliphatic rings. The zero-order valence-corrected chi connectivity index (χ0v) is 19.6. The first kappa shape index (κ1) is 23.3. The topological polar surface area (TPSA) is 54.9 Å². The van der Waals surface area contributed by atoms with Crippen LogP contribution in [0.15, 0.2) is 66.7 Å². The first-order chi connectivity index (χ1) is 17.1. The predicted molar refractivity (Wildman–Crippen MR) is 131 cm³/mol. The van der Waals surface area contributed by atoms with E-state index in [0.717, 1.165) is 30.5 Å². The van der Waals surface area contributed by atoms with E-state index >= 15 is 0 Å². The summed E-state index contributed by atoms with van der Waals surface area (Å²) in [4.78, 5) is 21.6. The molecule has 1 fully saturated rings. The van der Waals surface area contributed by atoms with E-state index in [2.05, 4.69) is 9.88 Å². The second kappa shape index (κ2) is 10.5. The molecule has 2 heterocycles. The van der Waals surface area contributed by atoms with Gasteiger partial charge in [0.1, 0.15) is 22.8 Å². The number of halogens is 2. The first-order valence-corrected chi connectivity index (χ1v) is 12.1. The Hall–Kier alpha value is -3.40. The molecule has 1 saturated heterocycles. The molecule has 3 aromatic carbocycles. The van der Waals surface area contributed by atoms with E-state index in [1.54, 1.807) is 24.3 Å². The van der Waals surface area contributed by atoms with Gasteiger partial charge in [0.05, 0.1) is 17.9 Å². The van der Waals surface area contributed by atoms with Crippen molar-refractivity contribution in [2.45, 2.75) is 0 Å². The molecular formula is C26H23F2N3O3S. The summed E-state index contributed by atoms with van der Waals surface area (Å²) in [5.74, 6) is -0.395. The van der Waals surface area contributed by atoms with Gasteiger partial charge >= 0.3 is 0 Å². The molecule has 1 aliphatic heterocycles. The van der Waals surface area contributed by atoms with Gasteiger partial charge in [0.15, 0.2) is 10.9 Å². The molecule has 5 rings (SSSR count). The Kier molecular flexibility index (Phi) is 6.98. The lowest BCUT2D eigenvalue weighted by Gasteiger charge is -2.29. The number of fused-ring (bicyclic) bond motifs is 1. The fourth-order valence-electron chi connectivity index (χ4n) is 3.86. The normalized spacial score (nSPS) is 14.2. The molecule has 6 nitrogen and oxygen atoms in total. The molecule has 0 aliphatic carbocycles. The average Bonchev–Trinajstić information content (AvgIpc) is 3.30. The number of benzene rings is 3. The van der Waals surface area contributed by atoms with Crippen LogP contribution in [0.2, 0.25) is 0 Å². The maximum Gasteiger partial charge on any atom is 0.260 e. The number of ether oxygens (including phenoxy) is 2. The molecule has 0 N–H and O–H groups in total. The van der Waals surface area contributed by atoms with Crippen LogP contribution >= 0.6 is 11.3 Å². The highest BCUT2D eigenvalue weighted by Gasteiger charge is 2.24. The quantitative estimate of drug-likeness (QED) is 0.346. The molecule has 1 aromatic heterocycles. The number of amides is 1. The van der Waals surface area contributed by atoms with Crippen LogP contribution in [0.4, 0.5) is 13.9 Å². The van der Waals surface area contributed by atoms with Crippen molar-refractivity contribution in [1.82, 2.24) is 9.88 Å². The zero-order chi connectivity index (χ0) is 24.2. The number of nitrogens with zero attached hydrogens (tertiary/aromatic N) is 3. The van der Waals surface area contributed by atoms with Crippen molar-refractivity contribution in [2.75, 3.05) is 44.3 Å². The van der Waals surface area contributed by atoms with Crippen molar-refractivity contribution in [3.63, 3.8) is 0 Å². The lowest BCUT2D eigenvalue weighted by molar-refractivity contribution is 0.0391. The van der Waals surface area contributed by atoms with Crippen LogP contribution in [-0.2, 0) is 4.74 Å². The highest BCUT2D eigenvalue weighted by Crippen LogP contribution is 2.32. The number of hydrogen-bond donors (Lipinski definition) is 0. The second-order valence-corrected chi connectivity index (χ2v) is 9.09. The van der Waals surface area contributed by atoms with Crippen molar-refractivity contribution < 1.29 is 23.0 Å². The first-order valence-electron chi connectivity index (χ1n) is 11.3. The van der Waals surface area contributed by atoms with Gasteiger partial charge in [-0.1, -0.05) is 29.5 Å². The molecule has 0 spiro atoms. The predicted octanol–water partition coefficient (Wildman–Crippen LogP) is 5.35. The van der Waals surface area contributed by atoms with E-state index in [4.69, 9.17) is 9.47 Å². The molecule has 0 atom stereocenters. The third-order valence-corrected chi connectivity index (χ3v) is 6.73. The van der Waals surface area contributed by atoms with Crippen LogP contribution in [0.3, 0.4) is 0 Å². The Morgan fingerprint density at radius 3 is 2.49 bits per heavy atom. The number of hydrogen-bond acceptors (Lipinski definition) is 6. The molecule has 0 radical (unpaired) electrons. The van der Waals surface area contributed by atoms with Gasteiger partial charge in [-0.15, -0.1) is 0 Å². The van der Waals surface area contributed by atoms with Crippen molar-refractivity contribution >= 4 is 32.6 Å². The lowest BCUT2D eigenvalue weighted by atomic mass is 10.2. The summed E-state index contributed by atoms with van der Waals surface area (Å²) in [6, 6.07) is 18.2. The van der Waals surface area contributed by atoms with E-state index in [-0.39, 0.29) is 11.4 Å². The number of para-hydroxylation sites is 1. The van der Waals surface area contributed by atoms with E-state index in [0.29, 0.717) is 53.2 Å². The summed E-state index contributed by atoms with van der Waals surface area (Å²) in [6.07, 6.45) is 0. The highest BCUT2D eigenvalue weighted by atomic mass is 32.1. The van der Waals surface area contributed by atoms with Gasteiger partial charge in [-0.05, 0) is 42.5 Å². The van der Waals surface area contributed by atoms with Crippen LogP contribution < -0.4 is 9.64 Å². The van der Waals surface area contributed by atoms with E-state index in [1.165, 1.54) is 11.0 Å². The average molecular weight is 496 g/mol. The number of rotatable bonds is 7. The number of anilines is 1. The van der Waals surface area contributed by atoms with E-state index in [9.17, 15) is 13.6 Å². The fraction of sp³-hybridized carbons (Fsp3) is 0.231. The number of carbonyl (C=O) groups is 1. The van der Waals surface area contributed by atoms with Gasteiger partial charge < -0.3 is 9.47 Å². The SMILES string of the molecule is O=C(c1ccc(Oc2ccccc2)cc1)N(CCN1CCOCC1)c1nc2c(F)cc(F)cc2s1. The Bertz CT molecular complexity index is 1310. The molecule has 0 unspecified atom stereocenters. The van der Waals surface area contributed by atoms with Crippen LogP contribution in [-0.4, -0.2) is 55.2 Å². The van der Waals surface area contributed by atoms with Crippen LogP contribution in [0.1, 0.15) is 10.4 Å². The molecule has 35 heavy (non-hydrogen) atoms. The van der Waals surface area contributed by atoms with E-state index < -0.39 is 11.6 Å². The minimum atomic E-state index is -0.745. The Morgan fingerprint density at radius 1 is 1.03 bits per heavy atom. The van der Waals surface area contributed by atoms with Crippen molar-refractivity contribution in [1.29, 1.82) is 0 Å². The number of carbonyl (C=O) groups excluding carboxylic acids is 1. The third-order valence-electron chi connectivity index (χ3n) is 5.70. The molecule has 180 valence electrons. The summed E-state index contributed by atoms with van der Waals surface area (Å²) in [5.41, 5.74) is 0.500. The minimum absolute atomic E-state index is 0.0576. The second-order valence-electron chi connectivity index (χ2n) is 8.08. The Labute approximate surface area is 205 Å². The molecule has 1 amide bonds. The van der Waals surface area contributed by atoms with Crippen molar-refractivity contribution in [3.05, 3.63) is 83.9 Å². The molecule has 0 saturated carbocycles. The number of morpholine rings is 1. The third kappa shape index (κ3) is 5.48. The van der Waals surface area contributed by atoms with Crippen molar-refractivity contribution in [3.8, 4) is 11.5 Å². The largest absolute Gasteiger partial charge is 0.457 e. The van der Waals surface area contributed by atoms with Gasteiger partial charge in [0.2, 0.25) is 0 Å². The van der Waals surface area contributed by atoms with Crippen LogP contribution in [0, 0.1) is 11.6 Å². The molecule has 9 heteroatoms. The molecule has 0 bridgehead atoms. The zero-order valence-electron chi connectivity index (χ0n) is 18.8. The van der Waals surface area contributed by atoms with E-state index in [1.807, 2.05) is 30.3 Å². The van der Waals surface area contributed by atoms with Gasteiger partial charge in [-0.2, -0.15) is 0 Å². The maximum absolute atomic E-state index is 14.3. The van der Waals surface area contributed by atoms with Gasteiger partial charge in [-0.3, -0.25) is 14.6 Å². The minimum Gasteiger partial charge on any atom is -0.457 e. The van der Waals surface area contributed by atoms with Gasteiger partial charge in [0, 0.05) is 37.8 Å². The summed E-state index contributed by atoms with van der Waals surface area (Å²) in [7, 11) is 0. The summed E-state index contributed by atoms with van der Waals surface area (Å²) < 4.78 is 39.6. The number of thiazole rings is 1. The smallest absolute Gasteiger partial charge is 0.260 e. The molecule has 4 aromatic rings. The van der Waals surface area contributed by atoms with Crippen LogP contribution in [0.25, 0.3) is 10.2 Å². The van der Waals surface area contributed by atoms with Crippen molar-refractivity contribution in [2.24, 2.45) is 0 Å². The van der Waals surface area contributed by atoms with Gasteiger partial charge in [0.25, 0.3) is 5.91 Å². The summed E-state index contributed by atoms with van der Waals surface area (Å²) in [5, 5.41) is 0.326. The lowest BCUT2D eigenvalue weighted by Crippen LogP contribution is -2.43.